The molecule has 57 heavy (non-hydrogen) atoms. The highest BCUT2D eigenvalue weighted by molar-refractivity contribution is 5.71. The molecule has 0 aromatic rings. The average Bonchev–Trinajstić information content (AvgIpc) is 3.16. The van der Waals surface area contributed by atoms with Crippen LogP contribution in [0, 0.1) is 17.8 Å². The number of hydrogen-bond acceptors (Lipinski definition) is 6. The molecule has 0 spiro atoms. The standard InChI is InChI=1S/C51H98O6/c1-45(2)37-31-25-19-13-9-7-8-10-16-22-28-34-40-49(52)55-43-48(57-51(54)42-36-30-24-18-12-15-21-27-33-39-47(5)6)44-56-50(53)41-35-29-23-17-11-14-20-26-32-38-46(3)4/h45-48H,7-44H2,1-6H3/t48-/m1/s1. The van der Waals surface area contributed by atoms with Crippen molar-refractivity contribution in [2.75, 3.05) is 13.2 Å². The molecule has 0 aliphatic rings. The molecule has 0 N–H and O–H groups in total. The summed E-state index contributed by atoms with van der Waals surface area (Å²) in [6.45, 7) is 13.7. The molecule has 0 rings (SSSR count). The van der Waals surface area contributed by atoms with Crippen LogP contribution in [0.5, 0.6) is 0 Å². The maximum absolute atomic E-state index is 12.7. The molecule has 6 heteroatoms. The lowest BCUT2D eigenvalue weighted by atomic mass is 10.0. The van der Waals surface area contributed by atoms with E-state index in [2.05, 4.69) is 41.5 Å². The van der Waals surface area contributed by atoms with Gasteiger partial charge in [-0.2, -0.15) is 0 Å². The van der Waals surface area contributed by atoms with E-state index in [4.69, 9.17) is 14.2 Å². The summed E-state index contributed by atoms with van der Waals surface area (Å²) in [5.74, 6) is 1.59. The molecule has 0 aliphatic carbocycles. The van der Waals surface area contributed by atoms with Crippen LogP contribution < -0.4 is 0 Å². The second-order valence-corrected chi connectivity index (χ2v) is 18.9. The van der Waals surface area contributed by atoms with Crippen molar-refractivity contribution < 1.29 is 28.6 Å². The van der Waals surface area contributed by atoms with Gasteiger partial charge in [-0.1, -0.05) is 234 Å². The fraction of sp³-hybridized carbons (Fsp3) is 0.941. The van der Waals surface area contributed by atoms with Crippen molar-refractivity contribution in [2.24, 2.45) is 17.8 Å². The first kappa shape index (κ1) is 55.4. The Hall–Kier alpha value is -1.59. The lowest BCUT2D eigenvalue weighted by Gasteiger charge is -2.18. The van der Waals surface area contributed by atoms with E-state index in [9.17, 15) is 14.4 Å². The molecule has 0 radical (unpaired) electrons. The third-order valence-corrected chi connectivity index (χ3v) is 11.4. The van der Waals surface area contributed by atoms with Crippen molar-refractivity contribution in [2.45, 2.75) is 279 Å². The van der Waals surface area contributed by atoms with Crippen LogP contribution in [-0.2, 0) is 28.6 Å². The highest BCUT2D eigenvalue weighted by Gasteiger charge is 2.19. The molecule has 0 aromatic carbocycles. The minimum Gasteiger partial charge on any atom is -0.462 e. The predicted molar refractivity (Wildman–Crippen MR) is 243 cm³/mol. The van der Waals surface area contributed by atoms with Gasteiger partial charge in [-0.3, -0.25) is 14.4 Å². The normalized spacial score (nSPS) is 12.2. The molecule has 0 bridgehead atoms. The predicted octanol–water partition coefficient (Wildman–Crippen LogP) is 16.0. The second-order valence-electron chi connectivity index (χ2n) is 18.9. The van der Waals surface area contributed by atoms with Crippen LogP contribution in [0.25, 0.3) is 0 Å². The van der Waals surface area contributed by atoms with Crippen LogP contribution >= 0.6 is 0 Å². The summed E-state index contributed by atoms with van der Waals surface area (Å²) < 4.78 is 16.8. The van der Waals surface area contributed by atoms with Gasteiger partial charge in [0.25, 0.3) is 0 Å². The molecule has 0 heterocycles. The Morgan fingerprint density at radius 3 is 0.754 bits per heavy atom. The van der Waals surface area contributed by atoms with E-state index in [-0.39, 0.29) is 31.1 Å². The molecule has 338 valence electrons. The Kier molecular flexibility index (Phi) is 41.3. The summed E-state index contributed by atoms with van der Waals surface area (Å²) in [7, 11) is 0. The van der Waals surface area contributed by atoms with E-state index in [1.165, 1.54) is 154 Å². The summed E-state index contributed by atoms with van der Waals surface area (Å²) in [6, 6.07) is 0. The molecular weight excluding hydrogens is 709 g/mol. The minimum atomic E-state index is -0.762. The molecule has 0 saturated heterocycles. The number of carbonyl (C=O) groups is 3. The smallest absolute Gasteiger partial charge is 0.306 e. The van der Waals surface area contributed by atoms with E-state index in [0.717, 1.165) is 75.5 Å². The fourth-order valence-corrected chi connectivity index (χ4v) is 7.59. The Bertz CT molecular complexity index is 883. The van der Waals surface area contributed by atoms with Gasteiger partial charge in [-0.25, -0.2) is 0 Å². The zero-order chi connectivity index (χ0) is 42.0. The van der Waals surface area contributed by atoms with Gasteiger partial charge in [0.2, 0.25) is 0 Å². The van der Waals surface area contributed by atoms with Gasteiger partial charge in [0.15, 0.2) is 6.10 Å². The van der Waals surface area contributed by atoms with Gasteiger partial charge in [-0.05, 0) is 37.0 Å². The zero-order valence-corrected chi connectivity index (χ0v) is 39.1. The Morgan fingerprint density at radius 2 is 0.509 bits per heavy atom. The molecule has 0 unspecified atom stereocenters. The van der Waals surface area contributed by atoms with Crippen LogP contribution in [0.3, 0.4) is 0 Å². The van der Waals surface area contributed by atoms with Crippen molar-refractivity contribution in [3.8, 4) is 0 Å². The SMILES string of the molecule is CC(C)CCCCCCCCCCCCCCC(=O)OC[C@H](COC(=O)CCCCCCCCCCCC(C)C)OC(=O)CCCCCCCCCCCC(C)C. The quantitative estimate of drug-likeness (QED) is 0.0347. The third-order valence-electron chi connectivity index (χ3n) is 11.4. The number of unbranched alkanes of at least 4 members (excludes halogenated alkanes) is 27. The lowest BCUT2D eigenvalue weighted by molar-refractivity contribution is -0.167. The first-order chi connectivity index (χ1) is 27.6. The highest BCUT2D eigenvalue weighted by Crippen LogP contribution is 2.17. The Labute approximate surface area is 355 Å². The Morgan fingerprint density at radius 1 is 0.298 bits per heavy atom. The summed E-state index contributed by atoms with van der Waals surface area (Å²) in [4.78, 5) is 37.9. The van der Waals surface area contributed by atoms with E-state index >= 15 is 0 Å². The Balaban J connectivity index is 4.32. The first-order valence-corrected chi connectivity index (χ1v) is 25.1. The summed E-state index contributed by atoms with van der Waals surface area (Å²) in [6.07, 6.45) is 40.9. The highest BCUT2D eigenvalue weighted by atomic mass is 16.6. The van der Waals surface area contributed by atoms with Gasteiger partial charge in [0.1, 0.15) is 13.2 Å². The molecule has 0 aliphatic heterocycles. The maximum atomic E-state index is 12.7. The average molecular weight is 807 g/mol. The van der Waals surface area contributed by atoms with Crippen LogP contribution in [0.1, 0.15) is 273 Å². The molecular formula is C51H98O6. The summed E-state index contributed by atoms with van der Waals surface area (Å²) >= 11 is 0. The fourth-order valence-electron chi connectivity index (χ4n) is 7.59. The molecule has 0 aromatic heterocycles. The van der Waals surface area contributed by atoms with E-state index in [0.29, 0.717) is 19.3 Å². The van der Waals surface area contributed by atoms with Crippen molar-refractivity contribution >= 4 is 17.9 Å². The molecule has 0 saturated carbocycles. The van der Waals surface area contributed by atoms with E-state index in [1.807, 2.05) is 0 Å². The summed E-state index contributed by atoms with van der Waals surface area (Å²) in [5.41, 5.74) is 0. The molecule has 6 nitrogen and oxygen atoms in total. The lowest BCUT2D eigenvalue weighted by Crippen LogP contribution is -2.30. The van der Waals surface area contributed by atoms with Crippen LogP contribution in [0.15, 0.2) is 0 Å². The minimum absolute atomic E-state index is 0.0653. The van der Waals surface area contributed by atoms with Gasteiger partial charge in [0, 0.05) is 19.3 Å². The number of rotatable bonds is 44. The van der Waals surface area contributed by atoms with Gasteiger partial charge >= 0.3 is 17.9 Å². The number of ether oxygens (including phenoxy) is 3. The van der Waals surface area contributed by atoms with Crippen LogP contribution in [-0.4, -0.2) is 37.2 Å². The van der Waals surface area contributed by atoms with Crippen molar-refractivity contribution in [3.63, 3.8) is 0 Å². The molecule has 0 amide bonds. The first-order valence-electron chi connectivity index (χ1n) is 25.1. The number of hydrogen-bond donors (Lipinski definition) is 0. The van der Waals surface area contributed by atoms with Crippen LogP contribution in [0.2, 0.25) is 0 Å². The largest absolute Gasteiger partial charge is 0.462 e. The second kappa shape index (κ2) is 42.5. The van der Waals surface area contributed by atoms with Crippen molar-refractivity contribution in [1.29, 1.82) is 0 Å². The topological polar surface area (TPSA) is 78.9 Å². The van der Waals surface area contributed by atoms with Gasteiger partial charge in [-0.15, -0.1) is 0 Å². The summed E-state index contributed by atoms with van der Waals surface area (Å²) in [5, 5.41) is 0. The van der Waals surface area contributed by atoms with Gasteiger partial charge in [0.05, 0.1) is 0 Å². The number of esters is 3. The van der Waals surface area contributed by atoms with Crippen molar-refractivity contribution in [1.82, 2.24) is 0 Å². The monoisotopic (exact) mass is 807 g/mol. The third kappa shape index (κ3) is 45.3. The number of carbonyl (C=O) groups excluding carboxylic acids is 3. The molecule has 0 fully saturated rings. The van der Waals surface area contributed by atoms with Gasteiger partial charge < -0.3 is 14.2 Å². The molecule has 1 atom stereocenters. The van der Waals surface area contributed by atoms with E-state index < -0.39 is 6.10 Å². The van der Waals surface area contributed by atoms with E-state index in [1.54, 1.807) is 0 Å². The van der Waals surface area contributed by atoms with Crippen molar-refractivity contribution in [3.05, 3.63) is 0 Å². The maximum Gasteiger partial charge on any atom is 0.306 e. The van der Waals surface area contributed by atoms with Crippen LogP contribution in [0.4, 0.5) is 0 Å². The zero-order valence-electron chi connectivity index (χ0n) is 39.1.